The number of rotatable bonds is 2. The van der Waals surface area contributed by atoms with E-state index in [-0.39, 0.29) is 0 Å². The molecule has 1 heteroatoms. The van der Waals surface area contributed by atoms with E-state index in [0.29, 0.717) is 0 Å². The minimum Gasteiger partial charge on any atom is -0.135 e. The lowest BCUT2D eigenvalue weighted by atomic mass is 10.1. The Morgan fingerprint density at radius 3 is 1.71 bits per heavy atom. The number of hydrogen-bond acceptors (Lipinski definition) is 0. The van der Waals surface area contributed by atoms with Gasteiger partial charge in [-0.05, 0) is 18.0 Å². The molecule has 0 rings (SSSR count). The Hall–Kier alpha value is 0.430. The molecule has 0 aromatic rings. The molecule has 0 aliphatic carbocycles. The van der Waals surface area contributed by atoms with Gasteiger partial charge in [0.25, 0.3) is 0 Å². The van der Waals surface area contributed by atoms with Crippen LogP contribution in [0.15, 0.2) is 0 Å². The zero-order chi connectivity index (χ0) is 5.86. The van der Waals surface area contributed by atoms with Crippen LogP contribution in [0.1, 0.15) is 27.2 Å². The van der Waals surface area contributed by atoms with Gasteiger partial charge in [-0.15, -0.1) is 9.24 Å². The van der Waals surface area contributed by atoms with Crippen molar-refractivity contribution < 1.29 is 0 Å². The fourth-order valence-electron chi connectivity index (χ4n) is 0.744. The molecule has 0 N–H and O–H groups in total. The molecule has 0 aliphatic heterocycles. The molecule has 0 bridgehead atoms. The summed E-state index contributed by atoms with van der Waals surface area (Å²) in [4.78, 5) is 0. The van der Waals surface area contributed by atoms with Crippen LogP contribution in [0.3, 0.4) is 0 Å². The molecular weight excluding hydrogens is 103 g/mol. The molecule has 0 nitrogen and oxygen atoms in total. The predicted octanol–water partition coefficient (Wildman–Crippen LogP) is 2.30. The van der Waals surface area contributed by atoms with Gasteiger partial charge < -0.3 is 0 Å². The summed E-state index contributed by atoms with van der Waals surface area (Å²) in [6, 6.07) is 0. The standard InChI is InChI=1S/C6H15P/c1-5(2)4-6(3)7/h5-6H,4,7H2,1-3H3/t6-/m0/s1. The van der Waals surface area contributed by atoms with Crippen LogP contribution < -0.4 is 0 Å². The molecule has 0 aromatic heterocycles. The molecule has 0 aromatic carbocycles. The molecule has 0 heterocycles. The topological polar surface area (TPSA) is 0 Å². The van der Waals surface area contributed by atoms with E-state index in [2.05, 4.69) is 30.0 Å². The van der Waals surface area contributed by atoms with E-state index in [1.807, 2.05) is 0 Å². The van der Waals surface area contributed by atoms with Crippen molar-refractivity contribution in [1.29, 1.82) is 0 Å². The van der Waals surface area contributed by atoms with E-state index in [0.717, 1.165) is 11.6 Å². The summed E-state index contributed by atoms with van der Waals surface area (Å²) in [6.07, 6.45) is 1.32. The third-order valence-corrected chi connectivity index (χ3v) is 1.12. The summed E-state index contributed by atoms with van der Waals surface area (Å²) in [5.41, 5.74) is 0.792. The smallest absolute Gasteiger partial charge is 0.0290 e. The zero-order valence-electron chi connectivity index (χ0n) is 5.44. The lowest BCUT2D eigenvalue weighted by Crippen LogP contribution is -1.95. The van der Waals surface area contributed by atoms with Gasteiger partial charge in [0.15, 0.2) is 0 Å². The first kappa shape index (κ1) is 7.43. The highest BCUT2D eigenvalue weighted by molar-refractivity contribution is 7.17. The van der Waals surface area contributed by atoms with Crippen molar-refractivity contribution in [3.8, 4) is 0 Å². The largest absolute Gasteiger partial charge is 0.135 e. The highest BCUT2D eigenvalue weighted by Gasteiger charge is 1.95. The van der Waals surface area contributed by atoms with E-state index >= 15 is 0 Å². The molecule has 0 spiro atoms. The molecule has 7 heavy (non-hydrogen) atoms. The summed E-state index contributed by atoms with van der Waals surface area (Å²) in [6.45, 7) is 6.73. The third-order valence-electron chi connectivity index (χ3n) is 0.843. The summed E-state index contributed by atoms with van der Waals surface area (Å²) >= 11 is 0. The Bertz CT molecular complexity index is 33.4. The molecule has 0 saturated carbocycles. The van der Waals surface area contributed by atoms with Gasteiger partial charge >= 0.3 is 0 Å². The first-order chi connectivity index (χ1) is 3.13. The maximum atomic E-state index is 2.80. The SMILES string of the molecule is CC(C)C[C@H](C)P. The third kappa shape index (κ3) is 6.43. The van der Waals surface area contributed by atoms with Crippen molar-refractivity contribution in [2.24, 2.45) is 5.92 Å². The lowest BCUT2D eigenvalue weighted by molar-refractivity contribution is 0.585. The van der Waals surface area contributed by atoms with Gasteiger partial charge in [0, 0.05) is 0 Å². The summed E-state index contributed by atoms with van der Waals surface area (Å²) in [5, 5.41) is 0. The van der Waals surface area contributed by atoms with Gasteiger partial charge in [0.1, 0.15) is 0 Å². The van der Waals surface area contributed by atoms with Crippen molar-refractivity contribution in [1.82, 2.24) is 0 Å². The van der Waals surface area contributed by atoms with Crippen molar-refractivity contribution in [3.05, 3.63) is 0 Å². The van der Waals surface area contributed by atoms with E-state index in [4.69, 9.17) is 0 Å². The second kappa shape index (κ2) is 3.43. The van der Waals surface area contributed by atoms with Crippen molar-refractivity contribution in [3.63, 3.8) is 0 Å². The molecular formula is C6H15P. The fourth-order valence-corrected chi connectivity index (χ4v) is 1.29. The minimum atomic E-state index is 0.792. The van der Waals surface area contributed by atoms with Gasteiger partial charge in [-0.2, -0.15) is 0 Å². The van der Waals surface area contributed by atoms with Gasteiger partial charge in [0.2, 0.25) is 0 Å². The van der Waals surface area contributed by atoms with Crippen LogP contribution in [0, 0.1) is 5.92 Å². The van der Waals surface area contributed by atoms with Gasteiger partial charge in [-0.25, -0.2) is 0 Å². The van der Waals surface area contributed by atoms with Crippen LogP contribution >= 0.6 is 9.24 Å². The second-order valence-corrected chi connectivity index (χ2v) is 3.74. The van der Waals surface area contributed by atoms with Crippen LogP contribution in [-0.2, 0) is 0 Å². The second-order valence-electron chi connectivity index (χ2n) is 2.61. The molecule has 0 aliphatic rings. The average Bonchev–Trinajstić information content (AvgIpc) is 1.27. The maximum absolute atomic E-state index is 2.80. The summed E-state index contributed by atoms with van der Waals surface area (Å²) in [5.74, 6) is 0.854. The maximum Gasteiger partial charge on any atom is -0.0290 e. The molecule has 44 valence electrons. The summed E-state index contributed by atoms with van der Waals surface area (Å²) < 4.78 is 0. The van der Waals surface area contributed by atoms with Crippen LogP contribution in [-0.4, -0.2) is 5.66 Å². The minimum absolute atomic E-state index is 0.792. The van der Waals surface area contributed by atoms with Gasteiger partial charge in [-0.1, -0.05) is 20.8 Å². The van der Waals surface area contributed by atoms with Crippen LogP contribution in [0.5, 0.6) is 0 Å². The highest BCUT2D eigenvalue weighted by Crippen LogP contribution is 2.10. The average molecular weight is 118 g/mol. The number of hydrogen-bond donors (Lipinski definition) is 0. The Morgan fingerprint density at radius 2 is 1.71 bits per heavy atom. The van der Waals surface area contributed by atoms with Gasteiger partial charge in [0.05, 0.1) is 0 Å². The van der Waals surface area contributed by atoms with Crippen molar-refractivity contribution in [2.75, 3.05) is 0 Å². The predicted molar refractivity (Wildman–Crippen MR) is 38.6 cm³/mol. The van der Waals surface area contributed by atoms with Gasteiger partial charge in [-0.3, -0.25) is 0 Å². The molecule has 0 amide bonds. The molecule has 0 radical (unpaired) electrons. The summed E-state index contributed by atoms with van der Waals surface area (Å²) in [7, 11) is 2.80. The van der Waals surface area contributed by atoms with Crippen LogP contribution in [0.25, 0.3) is 0 Å². The van der Waals surface area contributed by atoms with Crippen LogP contribution in [0.4, 0.5) is 0 Å². The van der Waals surface area contributed by atoms with E-state index < -0.39 is 0 Å². The van der Waals surface area contributed by atoms with E-state index in [9.17, 15) is 0 Å². The molecule has 0 fully saturated rings. The van der Waals surface area contributed by atoms with E-state index in [1.165, 1.54) is 6.42 Å². The van der Waals surface area contributed by atoms with Crippen LogP contribution in [0.2, 0.25) is 0 Å². The Kier molecular flexibility index (Phi) is 3.65. The monoisotopic (exact) mass is 118 g/mol. The first-order valence-electron chi connectivity index (χ1n) is 2.88. The van der Waals surface area contributed by atoms with Crippen molar-refractivity contribution >= 4 is 9.24 Å². The Balaban J connectivity index is 2.95. The quantitative estimate of drug-likeness (QED) is 0.488. The fraction of sp³-hybridized carbons (Fsp3) is 1.00. The highest BCUT2D eigenvalue weighted by atomic mass is 31.0. The van der Waals surface area contributed by atoms with E-state index in [1.54, 1.807) is 0 Å². The Morgan fingerprint density at radius 1 is 1.29 bits per heavy atom. The first-order valence-corrected chi connectivity index (χ1v) is 3.55. The molecule has 2 atom stereocenters. The normalized spacial score (nSPS) is 15.0. The van der Waals surface area contributed by atoms with Crippen molar-refractivity contribution in [2.45, 2.75) is 32.9 Å². The molecule has 0 saturated heterocycles. The zero-order valence-corrected chi connectivity index (χ0v) is 6.59. The lowest BCUT2D eigenvalue weighted by Gasteiger charge is -2.05. The molecule has 1 unspecified atom stereocenters. The Labute approximate surface area is 48.9 Å².